The Bertz CT molecular complexity index is 302. The molecule has 0 radical (unpaired) electrons. The zero-order valence-electron chi connectivity index (χ0n) is 9.59. The maximum absolute atomic E-state index is 10.9. The molecule has 0 saturated heterocycles. The van der Waals surface area contributed by atoms with Gasteiger partial charge in [-0.2, -0.15) is 0 Å². The molecule has 17 heavy (non-hydrogen) atoms. The molecular formula is C8H18N6O3. The highest BCUT2D eigenvalue weighted by Gasteiger charge is 2.22. The number of carboxylic acids is 1. The molecule has 0 unspecified atom stereocenters. The largest absolute Gasteiger partial charge is 0.480 e. The third-order valence-electron chi connectivity index (χ3n) is 1.97. The Labute approximate surface area is 98.6 Å². The van der Waals surface area contributed by atoms with E-state index in [-0.39, 0.29) is 12.4 Å². The molecule has 0 aliphatic heterocycles. The van der Waals surface area contributed by atoms with Crippen LogP contribution < -0.4 is 22.6 Å². The van der Waals surface area contributed by atoms with Crippen molar-refractivity contribution < 1.29 is 14.7 Å². The highest BCUT2D eigenvalue weighted by Crippen LogP contribution is 2.03. The van der Waals surface area contributed by atoms with E-state index in [1.807, 2.05) is 0 Å². The van der Waals surface area contributed by atoms with E-state index >= 15 is 0 Å². The maximum Gasteiger partial charge on any atom is 0.326 e. The summed E-state index contributed by atoms with van der Waals surface area (Å²) in [5.41, 5.74) is 17.3. The monoisotopic (exact) mass is 246 g/mol. The third-order valence-corrected chi connectivity index (χ3v) is 1.97. The van der Waals surface area contributed by atoms with Crippen LogP contribution >= 0.6 is 0 Å². The summed E-state index contributed by atoms with van der Waals surface area (Å²) in [6.07, 6.45) is 0.753. The average Bonchev–Trinajstić information content (AvgIpc) is 2.14. The van der Waals surface area contributed by atoms with Gasteiger partial charge in [0.15, 0.2) is 5.96 Å². The number of urea groups is 1. The average molecular weight is 246 g/mol. The summed E-state index contributed by atoms with van der Waals surface area (Å²) in [5, 5.41) is 10.1. The fourth-order valence-electron chi connectivity index (χ4n) is 1.23. The lowest BCUT2D eigenvalue weighted by molar-refractivity contribution is -0.143. The lowest BCUT2D eigenvalue weighted by Crippen LogP contribution is -2.51. The number of nitrogens with one attached hydrogen (secondary N) is 1. The third kappa shape index (κ3) is 6.95. The number of aliphatic imine (C=N–C) groups is 1. The van der Waals surface area contributed by atoms with Crippen molar-refractivity contribution in [3.8, 4) is 0 Å². The second-order valence-corrected chi connectivity index (χ2v) is 3.39. The molecule has 0 aliphatic rings. The van der Waals surface area contributed by atoms with Crippen LogP contribution in [-0.4, -0.2) is 47.7 Å². The minimum absolute atomic E-state index is 0.0412. The molecule has 0 heterocycles. The summed E-state index contributed by atoms with van der Waals surface area (Å²) >= 11 is 0. The van der Waals surface area contributed by atoms with Gasteiger partial charge in [0.1, 0.15) is 6.04 Å². The summed E-state index contributed by atoms with van der Waals surface area (Å²) in [7, 11) is 1.42. The van der Waals surface area contributed by atoms with Gasteiger partial charge in [0, 0.05) is 13.6 Å². The Balaban J connectivity index is 4.20. The summed E-state index contributed by atoms with van der Waals surface area (Å²) in [4.78, 5) is 25.2. The lowest BCUT2D eigenvalue weighted by Gasteiger charge is -2.23. The van der Waals surface area contributed by atoms with Crippen molar-refractivity contribution in [2.45, 2.75) is 18.9 Å². The number of rotatable bonds is 7. The topological polar surface area (TPSA) is 160 Å². The number of hydrogen-bond acceptors (Lipinski definition) is 4. The normalized spacial score (nSPS) is 11.9. The van der Waals surface area contributed by atoms with Gasteiger partial charge in [-0.3, -0.25) is 15.2 Å². The first-order valence-corrected chi connectivity index (χ1v) is 4.91. The summed E-state index contributed by atoms with van der Waals surface area (Å²) in [5.74, 6) is -1.11. The van der Waals surface area contributed by atoms with Crippen LogP contribution in [0.1, 0.15) is 12.8 Å². The summed E-state index contributed by atoms with van der Waals surface area (Å²) < 4.78 is 0. The van der Waals surface area contributed by atoms with Gasteiger partial charge in [-0.1, -0.05) is 0 Å². The standard InChI is InChI=1S/C8H18N6O3/c1-14(13-8(11)17)5(6(15)16)3-2-4-12-7(9)10/h5H,2-4H2,1H3,(H,15,16)(H4,9,10,12)(H3,11,13,17)/t5-/m0/s1. The number of carboxylic acid groups (broad SMARTS) is 1. The second kappa shape index (κ2) is 7.28. The first-order chi connectivity index (χ1) is 7.84. The van der Waals surface area contributed by atoms with Crippen molar-refractivity contribution >= 4 is 18.0 Å². The number of amides is 2. The molecule has 0 spiro atoms. The highest BCUT2D eigenvalue weighted by atomic mass is 16.4. The Morgan fingerprint density at radius 3 is 2.41 bits per heavy atom. The predicted molar refractivity (Wildman–Crippen MR) is 61.8 cm³/mol. The van der Waals surface area contributed by atoms with E-state index in [1.165, 1.54) is 7.05 Å². The van der Waals surface area contributed by atoms with Gasteiger partial charge in [0.2, 0.25) is 0 Å². The lowest BCUT2D eigenvalue weighted by atomic mass is 10.1. The second-order valence-electron chi connectivity index (χ2n) is 3.39. The first-order valence-electron chi connectivity index (χ1n) is 4.91. The summed E-state index contributed by atoms with van der Waals surface area (Å²) in [6, 6.07) is -1.69. The van der Waals surface area contributed by atoms with Gasteiger partial charge in [-0.25, -0.2) is 9.80 Å². The van der Waals surface area contributed by atoms with Crippen LogP contribution in [0.25, 0.3) is 0 Å². The number of aliphatic carboxylic acids is 1. The quantitative estimate of drug-likeness (QED) is 0.151. The number of guanidine groups is 1. The number of primary amides is 1. The van der Waals surface area contributed by atoms with E-state index in [9.17, 15) is 9.59 Å². The fraction of sp³-hybridized carbons (Fsp3) is 0.625. The van der Waals surface area contributed by atoms with Gasteiger partial charge in [0.25, 0.3) is 0 Å². The zero-order valence-corrected chi connectivity index (χ0v) is 9.59. The molecule has 0 aliphatic carbocycles. The molecule has 0 aromatic heterocycles. The smallest absolute Gasteiger partial charge is 0.326 e. The van der Waals surface area contributed by atoms with Crippen molar-refractivity contribution in [3.63, 3.8) is 0 Å². The molecule has 0 rings (SSSR count). The number of carbonyl (C=O) groups is 2. The van der Waals surface area contributed by atoms with E-state index in [4.69, 9.17) is 22.3 Å². The minimum Gasteiger partial charge on any atom is -0.480 e. The Morgan fingerprint density at radius 1 is 1.41 bits per heavy atom. The van der Waals surface area contributed by atoms with E-state index in [2.05, 4.69) is 10.4 Å². The molecule has 0 aromatic rings. The van der Waals surface area contributed by atoms with Crippen LogP contribution in [0.4, 0.5) is 4.79 Å². The molecule has 98 valence electrons. The molecule has 1 atom stereocenters. The number of nitrogens with two attached hydrogens (primary N) is 3. The molecule has 0 bridgehead atoms. The van der Waals surface area contributed by atoms with Crippen LogP contribution in [0.2, 0.25) is 0 Å². The highest BCUT2D eigenvalue weighted by molar-refractivity contribution is 5.76. The van der Waals surface area contributed by atoms with E-state index < -0.39 is 18.0 Å². The number of nitrogens with zero attached hydrogens (tertiary/aromatic N) is 2. The molecular weight excluding hydrogens is 228 g/mol. The van der Waals surface area contributed by atoms with Crippen molar-refractivity contribution in [3.05, 3.63) is 0 Å². The zero-order chi connectivity index (χ0) is 13.4. The number of hydrogen-bond donors (Lipinski definition) is 5. The summed E-state index contributed by atoms with van der Waals surface area (Å²) in [6.45, 7) is 0.330. The molecule has 8 N–H and O–H groups in total. The van der Waals surface area contributed by atoms with Crippen molar-refractivity contribution in [1.82, 2.24) is 10.4 Å². The van der Waals surface area contributed by atoms with E-state index in [0.29, 0.717) is 13.0 Å². The molecule has 2 amide bonds. The number of hydrazine groups is 1. The van der Waals surface area contributed by atoms with Crippen LogP contribution in [0.15, 0.2) is 4.99 Å². The fourth-order valence-corrected chi connectivity index (χ4v) is 1.23. The maximum atomic E-state index is 10.9. The SMILES string of the molecule is CN(NC(N)=O)[C@@H](CCCN=C(N)N)C(=O)O. The van der Waals surface area contributed by atoms with Gasteiger partial charge in [-0.15, -0.1) is 0 Å². The molecule has 0 saturated carbocycles. The Hall–Kier alpha value is -2.03. The van der Waals surface area contributed by atoms with Crippen LogP contribution in [0.5, 0.6) is 0 Å². The Morgan fingerprint density at radius 2 is 2.00 bits per heavy atom. The molecule has 0 fully saturated rings. The van der Waals surface area contributed by atoms with Crippen molar-refractivity contribution in [1.29, 1.82) is 0 Å². The first kappa shape index (κ1) is 15.0. The van der Waals surface area contributed by atoms with Crippen LogP contribution in [0.3, 0.4) is 0 Å². The Kier molecular flexibility index (Phi) is 6.41. The predicted octanol–water partition coefficient (Wildman–Crippen LogP) is -1.99. The minimum atomic E-state index is -1.06. The van der Waals surface area contributed by atoms with Gasteiger partial charge < -0.3 is 22.3 Å². The van der Waals surface area contributed by atoms with Crippen LogP contribution in [0, 0.1) is 0 Å². The molecule has 9 nitrogen and oxygen atoms in total. The molecule has 9 heteroatoms. The molecule has 0 aromatic carbocycles. The van der Waals surface area contributed by atoms with Gasteiger partial charge in [0.05, 0.1) is 0 Å². The van der Waals surface area contributed by atoms with Gasteiger partial charge in [-0.05, 0) is 12.8 Å². The van der Waals surface area contributed by atoms with Gasteiger partial charge >= 0.3 is 12.0 Å². The van der Waals surface area contributed by atoms with Crippen LogP contribution in [-0.2, 0) is 4.79 Å². The van der Waals surface area contributed by atoms with E-state index in [1.54, 1.807) is 0 Å². The number of carbonyl (C=O) groups excluding carboxylic acids is 1. The number of likely N-dealkylation sites (N-methyl/N-ethyl adjacent to an activating group) is 1. The van der Waals surface area contributed by atoms with Crippen molar-refractivity contribution in [2.75, 3.05) is 13.6 Å². The van der Waals surface area contributed by atoms with Crippen molar-refractivity contribution in [2.24, 2.45) is 22.2 Å². The van der Waals surface area contributed by atoms with E-state index in [0.717, 1.165) is 5.01 Å².